The Morgan fingerprint density at radius 3 is 1.77 bits per heavy atom. The first kappa shape index (κ1) is 22.6. The quantitative estimate of drug-likeness (QED) is 0.355. The minimum absolute atomic E-state index is 0.0797. The Bertz CT molecular complexity index is 412. The lowest BCUT2D eigenvalue weighted by Gasteiger charge is -2.11. The highest BCUT2D eigenvalue weighted by molar-refractivity contribution is 5.74. The fraction of sp³-hybridized carbons (Fsp3) is 0.722. The summed E-state index contributed by atoms with van der Waals surface area (Å²) in [6.45, 7) is 4.83. The molecule has 0 aliphatic heterocycles. The molecular formula is C18H31NO7. The Hall–Kier alpha value is -1.45. The van der Waals surface area contributed by atoms with E-state index in [1.807, 2.05) is 12.2 Å². The molecule has 1 aliphatic rings. The molecule has 150 valence electrons. The first-order valence-electron chi connectivity index (χ1n) is 8.94. The molecular weight excluding hydrogens is 342 g/mol. The van der Waals surface area contributed by atoms with Gasteiger partial charge in [0, 0.05) is 6.42 Å². The van der Waals surface area contributed by atoms with Crippen molar-refractivity contribution in [2.45, 2.75) is 12.8 Å². The van der Waals surface area contributed by atoms with Gasteiger partial charge in [-0.15, -0.1) is 0 Å². The van der Waals surface area contributed by atoms with Crippen LogP contribution in [0.25, 0.3) is 0 Å². The summed E-state index contributed by atoms with van der Waals surface area (Å²) in [6, 6.07) is 0. The van der Waals surface area contributed by atoms with Crippen LogP contribution in [0, 0.1) is 0 Å². The second-order valence-electron chi connectivity index (χ2n) is 5.42. The first-order chi connectivity index (χ1) is 12.8. The molecule has 1 rings (SSSR count). The Morgan fingerprint density at radius 1 is 0.808 bits per heavy atom. The van der Waals surface area contributed by atoms with E-state index in [1.165, 1.54) is 0 Å². The van der Waals surface area contributed by atoms with Crippen LogP contribution in [-0.2, 0) is 33.2 Å². The van der Waals surface area contributed by atoms with Crippen molar-refractivity contribution < 1.29 is 33.2 Å². The lowest BCUT2D eigenvalue weighted by molar-refractivity contribution is -0.123. The maximum absolute atomic E-state index is 10.4. The number of carbonyl (C=O) groups is 1. The largest absolute Gasteiger partial charge is 0.496 e. The van der Waals surface area contributed by atoms with Crippen molar-refractivity contribution >= 4 is 5.91 Å². The molecule has 0 aromatic heterocycles. The van der Waals surface area contributed by atoms with Gasteiger partial charge in [0.1, 0.15) is 13.2 Å². The molecule has 2 N–H and O–H groups in total. The van der Waals surface area contributed by atoms with Gasteiger partial charge in [0.15, 0.2) is 0 Å². The zero-order valence-corrected chi connectivity index (χ0v) is 15.4. The third-order valence-electron chi connectivity index (χ3n) is 3.22. The average Bonchev–Trinajstić information content (AvgIpc) is 2.65. The van der Waals surface area contributed by atoms with Crippen LogP contribution in [0.2, 0.25) is 0 Å². The summed E-state index contributed by atoms with van der Waals surface area (Å²) in [7, 11) is 0. The first-order valence-corrected chi connectivity index (χ1v) is 8.94. The van der Waals surface area contributed by atoms with E-state index in [-0.39, 0.29) is 6.61 Å². The summed E-state index contributed by atoms with van der Waals surface area (Å²) in [4.78, 5) is 10.4. The number of hydrogen-bond donors (Lipinski definition) is 1. The summed E-state index contributed by atoms with van der Waals surface area (Å²) in [5.41, 5.74) is 4.93. The van der Waals surface area contributed by atoms with Crippen molar-refractivity contribution in [1.82, 2.24) is 0 Å². The predicted molar refractivity (Wildman–Crippen MR) is 95.7 cm³/mol. The van der Waals surface area contributed by atoms with Crippen LogP contribution in [-0.4, -0.2) is 78.6 Å². The van der Waals surface area contributed by atoms with Crippen molar-refractivity contribution in [2.24, 2.45) is 5.73 Å². The third-order valence-corrected chi connectivity index (χ3v) is 3.22. The van der Waals surface area contributed by atoms with Gasteiger partial charge < -0.3 is 34.2 Å². The lowest BCUT2D eigenvalue weighted by atomic mass is 10.2. The number of nitrogens with two attached hydrogens (primary N) is 1. The van der Waals surface area contributed by atoms with Gasteiger partial charge in [0.05, 0.1) is 65.2 Å². The van der Waals surface area contributed by atoms with Gasteiger partial charge in [-0.1, -0.05) is 12.2 Å². The van der Waals surface area contributed by atoms with E-state index in [9.17, 15) is 4.79 Å². The molecule has 8 heteroatoms. The van der Waals surface area contributed by atoms with Gasteiger partial charge in [-0.3, -0.25) is 4.79 Å². The zero-order valence-electron chi connectivity index (χ0n) is 15.4. The number of rotatable bonds is 18. The smallest absolute Gasteiger partial charge is 0.243 e. The number of primary amides is 1. The van der Waals surface area contributed by atoms with E-state index in [0.29, 0.717) is 66.1 Å². The number of allylic oxidation sites excluding steroid dienone is 4. The molecule has 26 heavy (non-hydrogen) atoms. The summed E-state index contributed by atoms with van der Waals surface area (Å²) in [5, 5.41) is 0. The van der Waals surface area contributed by atoms with Gasteiger partial charge in [0.2, 0.25) is 5.91 Å². The van der Waals surface area contributed by atoms with Crippen LogP contribution < -0.4 is 5.73 Å². The van der Waals surface area contributed by atoms with Crippen LogP contribution in [0.3, 0.4) is 0 Å². The molecule has 0 saturated heterocycles. The molecule has 1 aliphatic carbocycles. The maximum atomic E-state index is 10.4. The summed E-state index contributed by atoms with van der Waals surface area (Å²) >= 11 is 0. The fourth-order valence-corrected chi connectivity index (χ4v) is 1.98. The molecule has 0 aromatic carbocycles. The van der Waals surface area contributed by atoms with Crippen molar-refractivity contribution in [3.63, 3.8) is 0 Å². The van der Waals surface area contributed by atoms with Crippen molar-refractivity contribution in [3.8, 4) is 0 Å². The number of carbonyl (C=O) groups excluding carboxylic acids is 1. The Labute approximate surface area is 155 Å². The van der Waals surface area contributed by atoms with Crippen LogP contribution in [0.4, 0.5) is 0 Å². The Kier molecular flexibility index (Phi) is 14.8. The second kappa shape index (κ2) is 17.0. The van der Waals surface area contributed by atoms with E-state index < -0.39 is 5.91 Å². The van der Waals surface area contributed by atoms with Crippen LogP contribution in [0.5, 0.6) is 0 Å². The topological polar surface area (TPSA) is 98.5 Å². The van der Waals surface area contributed by atoms with Crippen LogP contribution in [0.1, 0.15) is 12.8 Å². The van der Waals surface area contributed by atoms with Crippen molar-refractivity contribution in [3.05, 3.63) is 24.0 Å². The van der Waals surface area contributed by atoms with Gasteiger partial charge in [-0.05, 0) is 12.5 Å². The highest BCUT2D eigenvalue weighted by atomic mass is 16.6. The maximum Gasteiger partial charge on any atom is 0.243 e. The average molecular weight is 373 g/mol. The van der Waals surface area contributed by atoms with E-state index in [1.54, 1.807) is 0 Å². The molecule has 1 amide bonds. The summed E-state index contributed by atoms with van der Waals surface area (Å²) in [6.07, 6.45) is 8.15. The highest BCUT2D eigenvalue weighted by Crippen LogP contribution is 2.12. The molecule has 0 heterocycles. The molecule has 0 atom stereocenters. The second-order valence-corrected chi connectivity index (χ2v) is 5.42. The van der Waals surface area contributed by atoms with Gasteiger partial charge in [0.25, 0.3) is 0 Å². The number of ether oxygens (including phenoxy) is 6. The zero-order chi connectivity index (χ0) is 18.7. The summed E-state index contributed by atoms with van der Waals surface area (Å²) in [5.74, 6) is 0.536. The molecule has 0 saturated carbocycles. The lowest BCUT2D eigenvalue weighted by Crippen LogP contribution is -2.20. The normalized spacial score (nSPS) is 13.6. The highest BCUT2D eigenvalue weighted by Gasteiger charge is 2.00. The molecule has 0 spiro atoms. The van der Waals surface area contributed by atoms with Crippen LogP contribution in [0.15, 0.2) is 24.0 Å². The van der Waals surface area contributed by atoms with Gasteiger partial charge >= 0.3 is 0 Å². The minimum Gasteiger partial charge on any atom is -0.496 e. The van der Waals surface area contributed by atoms with Crippen molar-refractivity contribution in [2.75, 3.05) is 72.7 Å². The predicted octanol–water partition coefficient (Wildman–Crippen LogP) is 0.805. The SMILES string of the molecule is NC(=O)COCCOCCOCCOCCOCCOC1=CC=CCC1. The number of hydrogen-bond acceptors (Lipinski definition) is 7. The van der Waals surface area contributed by atoms with E-state index in [4.69, 9.17) is 34.2 Å². The Balaban J connectivity index is 1.69. The van der Waals surface area contributed by atoms with E-state index in [2.05, 4.69) is 6.08 Å². The molecule has 0 radical (unpaired) electrons. The molecule has 0 bridgehead atoms. The summed E-state index contributed by atoms with van der Waals surface area (Å²) < 4.78 is 32.0. The molecule has 0 fully saturated rings. The van der Waals surface area contributed by atoms with Gasteiger partial charge in [-0.2, -0.15) is 0 Å². The third kappa shape index (κ3) is 14.9. The van der Waals surface area contributed by atoms with Crippen LogP contribution >= 0.6 is 0 Å². The minimum atomic E-state index is -0.484. The van der Waals surface area contributed by atoms with Crippen molar-refractivity contribution in [1.29, 1.82) is 0 Å². The Morgan fingerprint density at radius 2 is 1.31 bits per heavy atom. The van der Waals surface area contributed by atoms with E-state index >= 15 is 0 Å². The number of amides is 1. The molecule has 8 nitrogen and oxygen atoms in total. The monoisotopic (exact) mass is 373 g/mol. The molecule has 0 aromatic rings. The molecule has 0 unspecified atom stereocenters. The van der Waals surface area contributed by atoms with E-state index in [0.717, 1.165) is 18.6 Å². The standard InChI is InChI=1S/C18H31NO7/c19-18(20)16-25-13-12-23-9-8-21-6-7-22-10-11-24-14-15-26-17-4-2-1-3-5-17/h1-2,4H,3,5-16H2,(H2,19,20). The fourth-order valence-electron chi connectivity index (χ4n) is 1.98. The van der Waals surface area contributed by atoms with Gasteiger partial charge in [-0.25, -0.2) is 0 Å².